The van der Waals surface area contributed by atoms with Crippen molar-refractivity contribution in [2.45, 2.75) is 31.9 Å². The monoisotopic (exact) mass is 252 g/mol. The lowest BCUT2D eigenvalue weighted by Gasteiger charge is -2.35. The summed E-state index contributed by atoms with van der Waals surface area (Å²) in [6, 6.07) is 2.40. The molecule has 1 aliphatic rings. The average Bonchev–Trinajstić information content (AvgIpc) is 2.87. The second kappa shape index (κ2) is 6.92. The van der Waals surface area contributed by atoms with E-state index >= 15 is 0 Å². The van der Waals surface area contributed by atoms with Crippen molar-refractivity contribution < 1.29 is 9.15 Å². The van der Waals surface area contributed by atoms with Gasteiger partial charge in [0, 0.05) is 19.1 Å². The standard InChI is InChI=1S/C14H24N2O2/c1-3-5-15-13(9-12-4-7-17-11-12)14-10-16(2)6-8-18-14/h4,7,11,13-15H,3,5-6,8-10H2,1-2H3. The molecule has 2 heterocycles. The average molecular weight is 252 g/mol. The Labute approximate surface area is 109 Å². The van der Waals surface area contributed by atoms with Crippen LogP contribution in [0.3, 0.4) is 0 Å². The lowest BCUT2D eigenvalue weighted by molar-refractivity contribution is -0.0383. The third kappa shape index (κ3) is 3.83. The molecule has 4 nitrogen and oxygen atoms in total. The summed E-state index contributed by atoms with van der Waals surface area (Å²) in [6.07, 6.45) is 5.94. The molecule has 1 aromatic heterocycles. The van der Waals surface area contributed by atoms with Gasteiger partial charge in [-0.2, -0.15) is 0 Å². The third-order valence-electron chi connectivity index (χ3n) is 3.44. The predicted octanol–water partition coefficient (Wildman–Crippen LogP) is 1.52. The van der Waals surface area contributed by atoms with Crippen molar-refractivity contribution in [3.05, 3.63) is 24.2 Å². The second-order valence-corrected chi connectivity index (χ2v) is 5.07. The maximum Gasteiger partial charge on any atom is 0.0935 e. The Kier molecular flexibility index (Phi) is 5.23. The van der Waals surface area contributed by atoms with Crippen LogP contribution in [0.2, 0.25) is 0 Å². The van der Waals surface area contributed by atoms with E-state index in [-0.39, 0.29) is 6.10 Å². The Hall–Kier alpha value is -0.840. The number of hydrogen-bond donors (Lipinski definition) is 1. The van der Waals surface area contributed by atoms with Crippen molar-refractivity contribution in [1.29, 1.82) is 0 Å². The van der Waals surface area contributed by atoms with Crippen LogP contribution in [0.1, 0.15) is 18.9 Å². The van der Waals surface area contributed by atoms with E-state index in [4.69, 9.17) is 9.15 Å². The van der Waals surface area contributed by atoms with Gasteiger partial charge < -0.3 is 19.4 Å². The quantitative estimate of drug-likeness (QED) is 0.833. The molecular weight excluding hydrogens is 228 g/mol. The number of furan rings is 1. The Morgan fingerprint density at radius 1 is 1.56 bits per heavy atom. The molecule has 0 radical (unpaired) electrons. The van der Waals surface area contributed by atoms with Crippen LogP contribution in [0, 0.1) is 0 Å². The minimum absolute atomic E-state index is 0.269. The fourth-order valence-electron chi connectivity index (χ4n) is 2.38. The number of nitrogens with zero attached hydrogens (tertiary/aromatic N) is 1. The number of rotatable bonds is 6. The van der Waals surface area contributed by atoms with Gasteiger partial charge in [0.1, 0.15) is 0 Å². The Bertz CT molecular complexity index is 327. The van der Waals surface area contributed by atoms with Crippen molar-refractivity contribution in [3.8, 4) is 0 Å². The van der Waals surface area contributed by atoms with E-state index in [1.807, 2.05) is 12.3 Å². The number of ether oxygens (including phenoxy) is 1. The van der Waals surface area contributed by atoms with Gasteiger partial charge in [-0.3, -0.25) is 0 Å². The number of likely N-dealkylation sites (N-methyl/N-ethyl adjacent to an activating group) is 1. The van der Waals surface area contributed by atoms with Crippen LogP contribution >= 0.6 is 0 Å². The van der Waals surface area contributed by atoms with Gasteiger partial charge in [-0.25, -0.2) is 0 Å². The molecule has 2 rings (SSSR count). The Balaban J connectivity index is 1.94. The van der Waals surface area contributed by atoms with E-state index in [0.29, 0.717) is 6.04 Å². The van der Waals surface area contributed by atoms with E-state index in [9.17, 15) is 0 Å². The highest BCUT2D eigenvalue weighted by Crippen LogP contribution is 2.13. The van der Waals surface area contributed by atoms with Crippen LogP contribution in [0.15, 0.2) is 23.0 Å². The molecule has 1 N–H and O–H groups in total. The first-order valence-electron chi connectivity index (χ1n) is 6.84. The Morgan fingerprint density at radius 2 is 2.44 bits per heavy atom. The molecular formula is C14H24N2O2. The summed E-state index contributed by atoms with van der Waals surface area (Å²) in [5.74, 6) is 0. The Morgan fingerprint density at radius 3 is 3.11 bits per heavy atom. The summed E-state index contributed by atoms with van der Waals surface area (Å²) in [4.78, 5) is 2.34. The molecule has 102 valence electrons. The van der Waals surface area contributed by atoms with Crippen molar-refractivity contribution in [1.82, 2.24) is 10.2 Å². The highest BCUT2D eigenvalue weighted by molar-refractivity contribution is 5.08. The molecule has 1 aromatic rings. The lowest BCUT2D eigenvalue weighted by atomic mass is 10.0. The van der Waals surface area contributed by atoms with Crippen molar-refractivity contribution in [2.24, 2.45) is 0 Å². The van der Waals surface area contributed by atoms with E-state index in [1.165, 1.54) is 5.56 Å². The molecule has 2 atom stereocenters. The largest absolute Gasteiger partial charge is 0.472 e. The molecule has 0 bridgehead atoms. The molecule has 0 aliphatic carbocycles. The van der Waals surface area contributed by atoms with E-state index in [0.717, 1.165) is 39.1 Å². The minimum atomic E-state index is 0.269. The van der Waals surface area contributed by atoms with Crippen LogP contribution in [-0.2, 0) is 11.2 Å². The minimum Gasteiger partial charge on any atom is -0.472 e. The first-order chi connectivity index (χ1) is 8.79. The lowest BCUT2D eigenvalue weighted by Crippen LogP contribution is -2.52. The summed E-state index contributed by atoms with van der Waals surface area (Å²) < 4.78 is 11.1. The summed E-state index contributed by atoms with van der Waals surface area (Å²) in [6.45, 7) is 6.08. The zero-order valence-electron chi connectivity index (χ0n) is 11.4. The van der Waals surface area contributed by atoms with Crippen LogP contribution in [0.4, 0.5) is 0 Å². The molecule has 1 fully saturated rings. The number of hydrogen-bond acceptors (Lipinski definition) is 4. The number of nitrogens with one attached hydrogen (secondary N) is 1. The topological polar surface area (TPSA) is 37.6 Å². The first-order valence-corrected chi connectivity index (χ1v) is 6.84. The van der Waals surface area contributed by atoms with Gasteiger partial charge in [0.05, 0.1) is 25.2 Å². The van der Waals surface area contributed by atoms with Gasteiger partial charge in [-0.15, -0.1) is 0 Å². The van der Waals surface area contributed by atoms with Crippen molar-refractivity contribution in [3.63, 3.8) is 0 Å². The maximum atomic E-state index is 5.92. The molecule has 2 unspecified atom stereocenters. The fourth-order valence-corrected chi connectivity index (χ4v) is 2.38. The van der Waals surface area contributed by atoms with E-state index in [2.05, 4.69) is 24.2 Å². The zero-order valence-corrected chi connectivity index (χ0v) is 11.4. The smallest absolute Gasteiger partial charge is 0.0935 e. The molecule has 0 saturated carbocycles. The normalized spacial score (nSPS) is 23.1. The fraction of sp³-hybridized carbons (Fsp3) is 0.714. The first kappa shape index (κ1) is 13.6. The zero-order chi connectivity index (χ0) is 12.8. The molecule has 0 amide bonds. The van der Waals surface area contributed by atoms with Gasteiger partial charge in [-0.1, -0.05) is 6.92 Å². The van der Waals surface area contributed by atoms with Crippen LogP contribution < -0.4 is 5.32 Å². The van der Waals surface area contributed by atoms with E-state index < -0.39 is 0 Å². The maximum absolute atomic E-state index is 5.92. The molecule has 1 saturated heterocycles. The van der Waals surface area contributed by atoms with E-state index in [1.54, 1.807) is 6.26 Å². The van der Waals surface area contributed by atoms with Gasteiger partial charge in [-0.05, 0) is 38.1 Å². The number of morpholine rings is 1. The van der Waals surface area contributed by atoms with Gasteiger partial charge in [0.25, 0.3) is 0 Å². The molecule has 0 spiro atoms. The van der Waals surface area contributed by atoms with Crippen LogP contribution in [0.5, 0.6) is 0 Å². The molecule has 4 heteroatoms. The van der Waals surface area contributed by atoms with Gasteiger partial charge >= 0.3 is 0 Å². The van der Waals surface area contributed by atoms with Gasteiger partial charge in [0.2, 0.25) is 0 Å². The SMILES string of the molecule is CCCNC(Cc1ccoc1)C1CN(C)CCO1. The third-order valence-corrected chi connectivity index (χ3v) is 3.44. The van der Waals surface area contributed by atoms with Gasteiger partial charge in [0.15, 0.2) is 0 Å². The second-order valence-electron chi connectivity index (χ2n) is 5.07. The molecule has 1 aliphatic heterocycles. The highest BCUT2D eigenvalue weighted by atomic mass is 16.5. The summed E-state index contributed by atoms with van der Waals surface area (Å²) >= 11 is 0. The summed E-state index contributed by atoms with van der Waals surface area (Å²) in [5, 5.41) is 3.60. The summed E-state index contributed by atoms with van der Waals surface area (Å²) in [7, 11) is 2.16. The summed E-state index contributed by atoms with van der Waals surface area (Å²) in [5.41, 5.74) is 1.24. The van der Waals surface area contributed by atoms with Crippen LogP contribution in [-0.4, -0.2) is 50.3 Å². The van der Waals surface area contributed by atoms with Crippen LogP contribution in [0.25, 0.3) is 0 Å². The highest BCUT2D eigenvalue weighted by Gasteiger charge is 2.26. The predicted molar refractivity (Wildman–Crippen MR) is 71.7 cm³/mol. The van der Waals surface area contributed by atoms with Crippen molar-refractivity contribution >= 4 is 0 Å². The molecule has 18 heavy (non-hydrogen) atoms. The van der Waals surface area contributed by atoms with Crippen molar-refractivity contribution in [2.75, 3.05) is 33.3 Å². The molecule has 0 aromatic carbocycles.